The van der Waals surface area contributed by atoms with E-state index >= 15 is 0 Å². The molecule has 0 atom stereocenters. The number of carbonyl (C=O) groups excluding carboxylic acids is 1. The highest BCUT2D eigenvalue weighted by atomic mass is 16.4. The predicted octanol–water partition coefficient (Wildman–Crippen LogP) is 6.32. The molecule has 5 nitrogen and oxygen atoms in total. The average Bonchev–Trinajstić information content (AvgIpc) is 3.26. The van der Waals surface area contributed by atoms with Crippen LogP contribution in [0.4, 0.5) is 0 Å². The zero-order valence-corrected chi connectivity index (χ0v) is 22.6. The van der Waals surface area contributed by atoms with Crippen molar-refractivity contribution >= 4 is 18.0 Å². The van der Waals surface area contributed by atoms with E-state index in [1.165, 1.54) is 25.0 Å². The van der Waals surface area contributed by atoms with Crippen LogP contribution >= 0.6 is 0 Å². The molecule has 0 aromatic heterocycles. The molecule has 36 heavy (non-hydrogen) atoms. The molecule has 3 N–H and O–H groups in total. The average molecular weight is 492 g/mol. The van der Waals surface area contributed by atoms with Crippen LogP contribution in [0, 0.1) is 13.8 Å². The van der Waals surface area contributed by atoms with Gasteiger partial charge in [0, 0.05) is 11.0 Å². The third-order valence-corrected chi connectivity index (χ3v) is 8.06. The number of hydrogen-bond acceptors (Lipinski definition) is 3. The van der Waals surface area contributed by atoms with Crippen molar-refractivity contribution in [3.63, 3.8) is 0 Å². The summed E-state index contributed by atoms with van der Waals surface area (Å²) in [4.78, 5) is 24.3. The zero-order chi connectivity index (χ0) is 26.7. The minimum atomic E-state index is -1.35. The zero-order valence-electron chi connectivity index (χ0n) is 22.6. The molecule has 0 aliphatic heterocycles. The topological polar surface area (TPSA) is 86.6 Å². The van der Waals surface area contributed by atoms with Crippen LogP contribution in [-0.2, 0) is 10.2 Å². The maximum absolute atomic E-state index is 12.8. The normalized spacial score (nSPS) is 15.9. The van der Waals surface area contributed by atoms with E-state index in [9.17, 15) is 19.8 Å². The monoisotopic (exact) mass is 491 g/mol. The highest BCUT2D eigenvalue weighted by molar-refractivity contribution is 5.98. The van der Waals surface area contributed by atoms with Gasteiger partial charge in [-0.2, -0.15) is 0 Å². The molecule has 3 rings (SSSR count). The third-order valence-electron chi connectivity index (χ3n) is 8.06. The first-order valence-corrected chi connectivity index (χ1v) is 13.1. The lowest BCUT2D eigenvalue weighted by Gasteiger charge is -2.34. The Bertz CT molecular complexity index is 1150. The number of aliphatic carboxylic acids is 1. The number of aliphatic hydroxyl groups is 1. The van der Waals surface area contributed by atoms with Crippen molar-refractivity contribution < 1.29 is 19.8 Å². The minimum absolute atomic E-state index is 0.212. The van der Waals surface area contributed by atoms with Gasteiger partial charge in [-0.05, 0) is 87.3 Å². The lowest BCUT2D eigenvalue weighted by Crippen LogP contribution is -2.49. The van der Waals surface area contributed by atoms with E-state index in [1.54, 1.807) is 0 Å². The van der Waals surface area contributed by atoms with E-state index in [0.717, 1.165) is 55.2 Å². The quantitative estimate of drug-likeness (QED) is 0.383. The van der Waals surface area contributed by atoms with Gasteiger partial charge < -0.3 is 15.5 Å². The second kappa shape index (κ2) is 10.6. The number of nitrogens with one attached hydrogen (secondary N) is 1. The van der Waals surface area contributed by atoms with Crippen molar-refractivity contribution in [1.82, 2.24) is 5.32 Å². The smallest absolute Gasteiger partial charge is 0.328 e. The number of carbonyl (C=O) groups is 2. The van der Waals surface area contributed by atoms with Gasteiger partial charge in [0.2, 0.25) is 0 Å². The second-order valence-corrected chi connectivity index (χ2v) is 10.9. The summed E-state index contributed by atoms with van der Waals surface area (Å²) >= 11 is 0. The Kier molecular flexibility index (Phi) is 8.14. The van der Waals surface area contributed by atoms with E-state index < -0.39 is 17.1 Å². The highest BCUT2D eigenvalue weighted by Crippen LogP contribution is 2.40. The number of aryl methyl sites for hydroxylation is 2. The van der Waals surface area contributed by atoms with Crippen molar-refractivity contribution in [3.8, 4) is 0 Å². The van der Waals surface area contributed by atoms with E-state index in [1.807, 2.05) is 25.1 Å². The second-order valence-electron chi connectivity index (χ2n) is 10.9. The Balaban J connectivity index is 1.93. The summed E-state index contributed by atoms with van der Waals surface area (Å²) in [5, 5.41) is 22.7. The third kappa shape index (κ3) is 5.57. The summed E-state index contributed by atoms with van der Waals surface area (Å²) in [6.07, 6.45) is 9.63. The maximum Gasteiger partial charge on any atom is 0.328 e. The van der Waals surface area contributed by atoms with Gasteiger partial charge in [-0.25, -0.2) is 4.79 Å². The summed E-state index contributed by atoms with van der Waals surface area (Å²) in [6, 6.07) is 12.4. The number of rotatable bonds is 9. The number of carboxylic acids is 1. The SMILES string of the molecule is CCC(CC)(c1ccc(/C=C/C2(O)CCCC2)c(C)c1)c1ccc(C(=O)NC(C)(C)C(=O)O)c(C)c1. The Hall–Kier alpha value is -2.92. The fourth-order valence-corrected chi connectivity index (χ4v) is 5.41. The molecule has 1 fully saturated rings. The molecule has 1 aliphatic carbocycles. The summed E-state index contributed by atoms with van der Waals surface area (Å²) in [5.74, 6) is -1.46. The van der Waals surface area contributed by atoms with Gasteiger partial charge in [0.05, 0.1) is 5.60 Å². The molecule has 0 bridgehead atoms. The Morgan fingerprint density at radius 3 is 2.03 bits per heavy atom. The molecule has 2 aromatic carbocycles. The molecule has 0 heterocycles. The van der Waals surface area contributed by atoms with Gasteiger partial charge in [-0.1, -0.05) is 69.2 Å². The lowest BCUT2D eigenvalue weighted by molar-refractivity contribution is -0.143. The molecule has 5 heteroatoms. The van der Waals surface area contributed by atoms with E-state index in [-0.39, 0.29) is 11.3 Å². The molecule has 1 saturated carbocycles. The minimum Gasteiger partial charge on any atom is -0.480 e. The molecule has 1 aliphatic rings. The molecule has 0 spiro atoms. The molecule has 0 radical (unpaired) electrons. The van der Waals surface area contributed by atoms with E-state index in [4.69, 9.17) is 0 Å². The van der Waals surface area contributed by atoms with Gasteiger partial charge in [0.25, 0.3) is 5.91 Å². The highest BCUT2D eigenvalue weighted by Gasteiger charge is 2.33. The Labute approximate surface area is 215 Å². The number of benzene rings is 2. The Morgan fingerprint density at radius 1 is 0.972 bits per heavy atom. The predicted molar refractivity (Wildman–Crippen MR) is 145 cm³/mol. The first kappa shape index (κ1) is 27.7. The summed E-state index contributed by atoms with van der Waals surface area (Å²) in [7, 11) is 0. The summed E-state index contributed by atoms with van der Waals surface area (Å²) in [5.41, 5.74) is 3.72. The summed E-state index contributed by atoms with van der Waals surface area (Å²) < 4.78 is 0. The van der Waals surface area contributed by atoms with E-state index in [2.05, 4.69) is 56.4 Å². The fraction of sp³-hybridized carbons (Fsp3) is 0.484. The summed E-state index contributed by atoms with van der Waals surface area (Å²) in [6.45, 7) is 11.3. The van der Waals surface area contributed by atoms with Gasteiger partial charge in [-0.3, -0.25) is 4.79 Å². The van der Waals surface area contributed by atoms with Gasteiger partial charge in [0.1, 0.15) is 5.54 Å². The van der Waals surface area contributed by atoms with Crippen LogP contribution in [0.2, 0.25) is 0 Å². The molecule has 194 valence electrons. The van der Waals surface area contributed by atoms with Crippen LogP contribution < -0.4 is 5.32 Å². The van der Waals surface area contributed by atoms with Crippen LogP contribution in [0.3, 0.4) is 0 Å². The molecule has 0 unspecified atom stereocenters. The fourth-order valence-electron chi connectivity index (χ4n) is 5.41. The molecular formula is C31H41NO4. The number of hydrogen-bond donors (Lipinski definition) is 3. The van der Waals surface area contributed by atoms with E-state index in [0.29, 0.717) is 5.56 Å². The standard InChI is InChI=1S/C31H41NO4/c1-7-31(8-2,24-12-11-23(21(3)19-24)15-18-30(36)16-9-10-17-30)25-13-14-26(22(4)20-25)27(33)32-29(5,6)28(34)35/h11-15,18-20,36H,7-10,16-17H2,1-6H3,(H,32,33)(H,34,35)/b18-15+. The van der Waals surface area contributed by atoms with Crippen molar-refractivity contribution in [2.75, 3.05) is 0 Å². The van der Waals surface area contributed by atoms with Crippen LogP contribution in [0.15, 0.2) is 42.5 Å². The van der Waals surface area contributed by atoms with Crippen molar-refractivity contribution in [2.24, 2.45) is 0 Å². The molecule has 2 aromatic rings. The Morgan fingerprint density at radius 2 is 1.53 bits per heavy atom. The van der Waals surface area contributed by atoms with Gasteiger partial charge >= 0.3 is 5.97 Å². The lowest BCUT2D eigenvalue weighted by atomic mass is 9.69. The van der Waals surface area contributed by atoms with Gasteiger partial charge in [0.15, 0.2) is 0 Å². The van der Waals surface area contributed by atoms with Crippen LogP contribution in [0.1, 0.15) is 104 Å². The van der Waals surface area contributed by atoms with Crippen LogP contribution in [0.5, 0.6) is 0 Å². The molecular weight excluding hydrogens is 450 g/mol. The van der Waals surface area contributed by atoms with Crippen molar-refractivity contribution in [1.29, 1.82) is 0 Å². The number of carboxylic acid groups (broad SMARTS) is 1. The maximum atomic E-state index is 12.8. The number of amides is 1. The van der Waals surface area contributed by atoms with Crippen LogP contribution in [-0.4, -0.2) is 33.2 Å². The van der Waals surface area contributed by atoms with Crippen molar-refractivity contribution in [3.05, 3.63) is 75.9 Å². The first-order chi connectivity index (χ1) is 16.9. The first-order valence-electron chi connectivity index (χ1n) is 13.1. The van der Waals surface area contributed by atoms with Crippen molar-refractivity contribution in [2.45, 2.75) is 96.6 Å². The largest absolute Gasteiger partial charge is 0.480 e. The molecule has 0 saturated heterocycles. The van der Waals surface area contributed by atoms with Crippen LogP contribution in [0.25, 0.3) is 6.08 Å². The van der Waals surface area contributed by atoms with Gasteiger partial charge in [-0.15, -0.1) is 0 Å². The molecule has 1 amide bonds.